The number of aromatic nitrogens is 4. The summed E-state index contributed by atoms with van der Waals surface area (Å²) in [6.45, 7) is 3.97. The van der Waals surface area contributed by atoms with E-state index in [1.807, 2.05) is 80.6 Å². The van der Waals surface area contributed by atoms with Crippen LogP contribution in [0.2, 0.25) is 0 Å². The number of carbonyl (C=O) groups is 1. The monoisotopic (exact) mass is 446 g/mol. The molecule has 0 aliphatic carbocycles. The highest BCUT2D eigenvalue weighted by Crippen LogP contribution is 2.28. The average molecular weight is 447 g/mol. The molecule has 0 atom stereocenters. The lowest BCUT2D eigenvalue weighted by molar-refractivity contribution is 0.102. The van der Waals surface area contributed by atoms with Crippen LogP contribution in [0.3, 0.4) is 0 Å². The van der Waals surface area contributed by atoms with Gasteiger partial charge in [-0.05, 0) is 73.5 Å². The summed E-state index contributed by atoms with van der Waals surface area (Å²) in [5.74, 6) is 0.947. The van der Waals surface area contributed by atoms with Crippen LogP contribution in [0.15, 0.2) is 85.3 Å². The second-order valence-electron chi connectivity index (χ2n) is 7.99. The number of pyridine rings is 2. The van der Waals surface area contributed by atoms with Crippen LogP contribution in [-0.4, -0.2) is 25.8 Å². The molecule has 2 N–H and O–H groups in total. The Morgan fingerprint density at radius 2 is 1.76 bits per heavy atom. The predicted molar refractivity (Wildman–Crippen MR) is 134 cm³/mol. The first-order valence-electron chi connectivity index (χ1n) is 10.9. The van der Waals surface area contributed by atoms with Crippen LogP contribution < -0.4 is 10.6 Å². The van der Waals surface area contributed by atoms with E-state index in [9.17, 15) is 4.79 Å². The molecule has 0 aliphatic heterocycles. The summed E-state index contributed by atoms with van der Waals surface area (Å²) in [5.41, 5.74) is 5.50. The number of amides is 1. The predicted octanol–water partition coefficient (Wildman–Crippen LogP) is 5.70. The molecule has 0 bridgehead atoms. The van der Waals surface area contributed by atoms with E-state index in [1.54, 1.807) is 18.6 Å². The Morgan fingerprint density at radius 3 is 2.59 bits per heavy atom. The first-order chi connectivity index (χ1) is 16.6. The Balaban J connectivity index is 1.51. The average Bonchev–Trinajstić information content (AvgIpc) is 2.86. The van der Waals surface area contributed by atoms with Crippen molar-refractivity contribution in [2.75, 3.05) is 10.6 Å². The summed E-state index contributed by atoms with van der Waals surface area (Å²) < 4.78 is 0. The third kappa shape index (κ3) is 4.45. The molecule has 166 valence electrons. The van der Waals surface area contributed by atoms with Gasteiger partial charge in [0.15, 0.2) is 11.5 Å². The molecule has 0 unspecified atom stereocenters. The van der Waals surface area contributed by atoms with Crippen molar-refractivity contribution in [3.63, 3.8) is 0 Å². The SMILES string of the molecule is Cc1cccc(NC(=O)c2ccc(C)c(Nc3nc(-c4cccnc4)nc4ncccc34)c2)c1. The Kier molecular flexibility index (Phi) is 5.66. The molecule has 0 saturated carbocycles. The van der Waals surface area contributed by atoms with Gasteiger partial charge in [-0.15, -0.1) is 0 Å². The minimum absolute atomic E-state index is 0.182. The molecule has 2 aromatic carbocycles. The van der Waals surface area contributed by atoms with Gasteiger partial charge in [0.2, 0.25) is 0 Å². The van der Waals surface area contributed by atoms with Crippen LogP contribution in [0.5, 0.6) is 0 Å². The Morgan fingerprint density at radius 1 is 0.882 bits per heavy atom. The van der Waals surface area contributed by atoms with Crippen molar-refractivity contribution >= 4 is 34.1 Å². The fraction of sp³-hybridized carbons (Fsp3) is 0.0741. The Labute approximate surface area is 197 Å². The van der Waals surface area contributed by atoms with Gasteiger partial charge in [0.1, 0.15) is 5.82 Å². The van der Waals surface area contributed by atoms with Gasteiger partial charge in [0.05, 0.1) is 5.39 Å². The highest BCUT2D eigenvalue weighted by molar-refractivity contribution is 6.05. The van der Waals surface area contributed by atoms with Crippen LogP contribution in [0.1, 0.15) is 21.5 Å². The molecule has 0 fully saturated rings. The fourth-order valence-electron chi connectivity index (χ4n) is 3.63. The molecule has 5 aromatic rings. The summed E-state index contributed by atoms with van der Waals surface area (Å²) in [4.78, 5) is 30.9. The topological polar surface area (TPSA) is 92.7 Å². The number of rotatable bonds is 5. The number of carbonyl (C=O) groups excluding carboxylic acids is 1. The highest BCUT2D eigenvalue weighted by Gasteiger charge is 2.14. The molecule has 7 nitrogen and oxygen atoms in total. The lowest BCUT2D eigenvalue weighted by Crippen LogP contribution is -2.12. The molecule has 3 heterocycles. The summed E-state index contributed by atoms with van der Waals surface area (Å²) >= 11 is 0. The maximum atomic E-state index is 12.9. The number of nitrogens with one attached hydrogen (secondary N) is 2. The van der Waals surface area contributed by atoms with E-state index < -0.39 is 0 Å². The third-order valence-corrected chi connectivity index (χ3v) is 5.42. The van der Waals surface area contributed by atoms with E-state index in [0.29, 0.717) is 22.9 Å². The van der Waals surface area contributed by atoms with Gasteiger partial charge in [-0.2, -0.15) is 0 Å². The number of hydrogen-bond acceptors (Lipinski definition) is 6. The molecular formula is C27H22N6O. The molecular weight excluding hydrogens is 424 g/mol. The first kappa shape index (κ1) is 21.2. The molecule has 3 aromatic heterocycles. The van der Waals surface area contributed by atoms with Crippen LogP contribution >= 0.6 is 0 Å². The number of benzene rings is 2. The molecule has 0 saturated heterocycles. The van der Waals surface area contributed by atoms with E-state index >= 15 is 0 Å². The van der Waals surface area contributed by atoms with Gasteiger partial charge < -0.3 is 10.6 Å². The van der Waals surface area contributed by atoms with E-state index in [1.165, 1.54) is 0 Å². The van der Waals surface area contributed by atoms with Crippen molar-refractivity contribution in [3.05, 3.63) is 102 Å². The maximum absolute atomic E-state index is 12.9. The number of hydrogen-bond donors (Lipinski definition) is 2. The van der Waals surface area contributed by atoms with Crippen LogP contribution in [0.4, 0.5) is 17.2 Å². The zero-order valence-corrected chi connectivity index (χ0v) is 18.8. The van der Waals surface area contributed by atoms with Crippen LogP contribution in [0.25, 0.3) is 22.4 Å². The second kappa shape index (κ2) is 9.07. The lowest BCUT2D eigenvalue weighted by atomic mass is 10.1. The zero-order valence-electron chi connectivity index (χ0n) is 18.8. The third-order valence-electron chi connectivity index (χ3n) is 5.42. The quantitative estimate of drug-likeness (QED) is 0.360. The van der Waals surface area contributed by atoms with Crippen molar-refractivity contribution in [3.8, 4) is 11.4 Å². The van der Waals surface area contributed by atoms with E-state index in [4.69, 9.17) is 4.98 Å². The molecule has 34 heavy (non-hydrogen) atoms. The number of nitrogens with zero attached hydrogens (tertiary/aromatic N) is 4. The molecule has 7 heteroatoms. The molecule has 0 radical (unpaired) electrons. The van der Waals surface area contributed by atoms with Gasteiger partial charge in [-0.25, -0.2) is 15.0 Å². The lowest BCUT2D eigenvalue weighted by Gasteiger charge is -2.14. The standard InChI is InChI=1S/C27H22N6O/c1-17-6-3-8-21(14-17)30-27(34)19-11-10-18(2)23(15-19)31-26-22-9-5-13-29-25(22)32-24(33-26)20-7-4-12-28-16-20/h3-16H,1-2H3,(H,30,34)(H,29,31,32,33). The van der Waals surface area contributed by atoms with Gasteiger partial charge in [-0.1, -0.05) is 18.2 Å². The van der Waals surface area contributed by atoms with Gasteiger partial charge in [-0.3, -0.25) is 9.78 Å². The van der Waals surface area contributed by atoms with Crippen molar-refractivity contribution in [1.29, 1.82) is 0 Å². The summed E-state index contributed by atoms with van der Waals surface area (Å²) in [6, 6.07) is 20.8. The molecule has 5 rings (SSSR count). The number of aryl methyl sites for hydroxylation is 2. The van der Waals surface area contributed by atoms with Gasteiger partial charge >= 0.3 is 0 Å². The van der Waals surface area contributed by atoms with Crippen molar-refractivity contribution in [1.82, 2.24) is 19.9 Å². The summed E-state index contributed by atoms with van der Waals surface area (Å²) in [7, 11) is 0. The minimum atomic E-state index is -0.182. The van der Waals surface area contributed by atoms with Crippen molar-refractivity contribution in [2.45, 2.75) is 13.8 Å². The number of fused-ring (bicyclic) bond motifs is 1. The molecule has 1 amide bonds. The van der Waals surface area contributed by atoms with E-state index in [2.05, 4.69) is 25.6 Å². The van der Waals surface area contributed by atoms with Gasteiger partial charge in [0.25, 0.3) is 5.91 Å². The van der Waals surface area contributed by atoms with Crippen molar-refractivity contribution < 1.29 is 4.79 Å². The summed E-state index contributed by atoms with van der Waals surface area (Å²) in [5, 5.41) is 7.14. The van der Waals surface area contributed by atoms with Gasteiger partial charge in [0, 0.05) is 41.1 Å². The van der Waals surface area contributed by atoms with E-state index in [0.717, 1.165) is 33.5 Å². The summed E-state index contributed by atoms with van der Waals surface area (Å²) in [6.07, 6.45) is 5.13. The normalized spacial score (nSPS) is 10.8. The number of anilines is 3. The van der Waals surface area contributed by atoms with E-state index in [-0.39, 0.29) is 5.91 Å². The van der Waals surface area contributed by atoms with Crippen LogP contribution in [-0.2, 0) is 0 Å². The second-order valence-corrected chi connectivity index (χ2v) is 7.99. The maximum Gasteiger partial charge on any atom is 0.255 e. The first-order valence-corrected chi connectivity index (χ1v) is 10.9. The zero-order chi connectivity index (χ0) is 23.5. The minimum Gasteiger partial charge on any atom is -0.339 e. The van der Waals surface area contributed by atoms with Crippen LogP contribution in [0, 0.1) is 13.8 Å². The Bertz CT molecular complexity index is 1500. The van der Waals surface area contributed by atoms with Crippen molar-refractivity contribution in [2.24, 2.45) is 0 Å². The fourth-order valence-corrected chi connectivity index (χ4v) is 3.63. The molecule has 0 spiro atoms. The largest absolute Gasteiger partial charge is 0.339 e. The highest BCUT2D eigenvalue weighted by atomic mass is 16.1. The molecule has 0 aliphatic rings. The smallest absolute Gasteiger partial charge is 0.255 e. The Hall–Kier alpha value is -4.65.